The number of aliphatic hydroxyl groups is 3. The zero-order valence-electron chi connectivity index (χ0n) is 32.1. The lowest BCUT2D eigenvalue weighted by atomic mass is 9.72. The topological polar surface area (TPSA) is 320 Å². The van der Waals surface area contributed by atoms with Crippen molar-refractivity contribution >= 4 is 0 Å². The number of fused-ring (bicyclic) bond motifs is 8. The van der Waals surface area contributed by atoms with Gasteiger partial charge in [0, 0.05) is 64.1 Å². The second kappa shape index (κ2) is 13.6. The summed E-state index contributed by atoms with van der Waals surface area (Å²) in [6, 6.07) is 15.0. The highest BCUT2D eigenvalue weighted by Gasteiger charge is 2.60. The maximum Gasteiger partial charge on any atom is 0.305 e. The summed E-state index contributed by atoms with van der Waals surface area (Å²) in [4.78, 5) is 0. The van der Waals surface area contributed by atoms with Gasteiger partial charge in [-0.25, -0.2) is 0 Å². The number of phenolic OH excluding ortho intramolecular Hbond substituents is 11. The molecule has 0 radical (unpaired) electrons. The molecule has 10 rings (SSSR count). The summed E-state index contributed by atoms with van der Waals surface area (Å²) >= 11 is 0. The van der Waals surface area contributed by atoms with Gasteiger partial charge in [0.1, 0.15) is 70.1 Å². The molecular formula is C45H36O18. The van der Waals surface area contributed by atoms with Gasteiger partial charge >= 0.3 is 5.79 Å². The van der Waals surface area contributed by atoms with E-state index in [1.807, 2.05) is 0 Å². The van der Waals surface area contributed by atoms with Gasteiger partial charge in [-0.3, -0.25) is 0 Å². The van der Waals surface area contributed by atoms with Crippen LogP contribution in [0, 0.1) is 0 Å². The van der Waals surface area contributed by atoms with Crippen LogP contribution >= 0.6 is 0 Å². The Balaban J connectivity index is 1.23. The Morgan fingerprint density at radius 1 is 0.460 bits per heavy atom. The van der Waals surface area contributed by atoms with Crippen molar-refractivity contribution in [2.45, 2.75) is 54.6 Å². The molecule has 4 heterocycles. The van der Waals surface area contributed by atoms with Gasteiger partial charge in [-0.1, -0.05) is 12.1 Å². The molecule has 0 unspecified atom stereocenters. The minimum absolute atomic E-state index is 0.0325. The highest BCUT2D eigenvalue weighted by molar-refractivity contribution is 5.72. The molecule has 0 fully saturated rings. The Hall–Kier alpha value is -7.80. The fourth-order valence-electron chi connectivity index (χ4n) is 9.31. The summed E-state index contributed by atoms with van der Waals surface area (Å²) in [5.74, 6) is -12.6. The van der Waals surface area contributed by atoms with E-state index in [2.05, 4.69) is 0 Å². The molecule has 6 aromatic rings. The van der Waals surface area contributed by atoms with Crippen LogP contribution < -0.4 is 18.9 Å². The molecule has 4 aliphatic rings. The summed E-state index contributed by atoms with van der Waals surface area (Å²) in [5, 5.41) is 155. The van der Waals surface area contributed by atoms with E-state index in [0.717, 1.165) is 54.6 Å². The SMILES string of the molecule is Oc1cc(O)c2c(c1)O[C@@]1(c3ccc(O)c(O)c3)Oc3cc4c(c(O)c3[C@@H]2[C@H]1O)[C@H](c1c(O)cc(O)c2c1O[C@H](c1ccc(O)c(O)c1)[C@H](O)C2)[C@@H](O)[C@@H](c1ccc(O)c(O)c1)O4. The molecule has 8 atom stereocenters. The van der Waals surface area contributed by atoms with Gasteiger partial charge in [-0.15, -0.1) is 0 Å². The summed E-state index contributed by atoms with van der Waals surface area (Å²) < 4.78 is 25.4. The number of hydrogen-bond acceptors (Lipinski definition) is 18. The minimum atomic E-state index is -2.31. The van der Waals surface area contributed by atoms with Crippen LogP contribution in [0.2, 0.25) is 0 Å². The van der Waals surface area contributed by atoms with Crippen LogP contribution in [0.25, 0.3) is 0 Å². The van der Waals surface area contributed by atoms with Crippen LogP contribution in [-0.4, -0.2) is 89.8 Å². The van der Waals surface area contributed by atoms with Crippen LogP contribution in [0.3, 0.4) is 0 Å². The predicted molar refractivity (Wildman–Crippen MR) is 212 cm³/mol. The minimum Gasteiger partial charge on any atom is -0.508 e. The molecule has 0 amide bonds. The van der Waals surface area contributed by atoms with E-state index >= 15 is 0 Å². The normalized spacial score (nSPS) is 25.2. The third-order valence-electron chi connectivity index (χ3n) is 12.2. The van der Waals surface area contributed by atoms with E-state index in [0.29, 0.717) is 0 Å². The van der Waals surface area contributed by atoms with E-state index in [-0.39, 0.29) is 73.9 Å². The van der Waals surface area contributed by atoms with Gasteiger partial charge in [0.25, 0.3) is 0 Å². The number of ether oxygens (including phenoxy) is 4. The van der Waals surface area contributed by atoms with Crippen molar-refractivity contribution in [2.75, 3.05) is 0 Å². The lowest BCUT2D eigenvalue weighted by Crippen LogP contribution is -2.57. The smallest absolute Gasteiger partial charge is 0.305 e. The molecular weight excluding hydrogens is 828 g/mol. The first-order chi connectivity index (χ1) is 30.0. The van der Waals surface area contributed by atoms with Crippen LogP contribution in [0.5, 0.6) is 86.2 Å². The first kappa shape index (κ1) is 39.3. The van der Waals surface area contributed by atoms with E-state index in [4.69, 9.17) is 18.9 Å². The molecule has 4 aliphatic heterocycles. The highest BCUT2D eigenvalue weighted by Crippen LogP contribution is 2.65. The molecule has 0 spiro atoms. The molecule has 6 aromatic carbocycles. The molecule has 0 aliphatic carbocycles. The summed E-state index contributed by atoms with van der Waals surface area (Å²) in [7, 11) is 0. The molecule has 18 heteroatoms. The van der Waals surface area contributed by atoms with Gasteiger partial charge in [-0.05, 0) is 53.6 Å². The fraction of sp³-hybridized carbons (Fsp3) is 0.200. The van der Waals surface area contributed by atoms with E-state index in [9.17, 15) is 71.5 Å². The lowest BCUT2D eigenvalue weighted by molar-refractivity contribution is -0.218. The predicted octanol–water partition coefficient (Wildman–Crippen LogP) is 4.24. The molecule has 63 heavy (non-hydrogen) atoms. The lowest BCUT2D eigenvalue weighted by Gasteiger charge is -2.50. The van der Waals surface area contributed by atoms with Gasteiger partial charge in [0.2, 0.25) is 0 Å². The molecule has 2 bridgehead atoms. The van der Waals surface area contributed by atoms with Crippen LogP contribution in [0.15, 0.2) is 78.9 Å². The van der Waals surface area contributed by atoms with Crippen molar-refractivity contribution in [3.05, 3.63) is 123 Å². The molecule has 0 saturated heterocycles. The summed E-state index contributed by atoms with van der Waals surface area (Å²) in [6.45, 7) is 0. The maximum absolute atomic E-state index is 12.7. The van der Waals surface area contributed by atoms with Crippen molar-refractivity contribution in [1.29, 1.82) is 0 Å². The van der Waals surface area contributed by atoms with Crippen molar-refractivity contribution in [2.24, 2.45) is 0 Å². The largest absolute Gasteiger partial charge is 0.508 e. The number of aromatic hydroxyl groups is 11. The zero-order chi connectivity index (χ0) is 44.5. The Morgan fingerprint density at radius 3 is 1.67 bits per heavy atom. The highest BCUT2D eigenvalue weighted by atomic mass is 16.7. The van der Waals surface area contributed by atoms with E-state index in [1.165, 1.54) is 24.3 Å². The second-order valence-corrected chi connectivity index (χ2v) is 15.9. The molecule has 14 N–H and O–H groups in total. The average Bonchev–Trinajstić information content (AvgIpc) is 3.22. The molecule has 0 aromatic heterocycles. The Bertz CT molecular complexity index is 2910. The fourth-order valence-corrected chi connectivity index (χ4v) is 9.31. The molecule has 324 valence electrons. The third kappa shape index (κ3) is 5.68. The molecule has 0 saturated carbocycles. The van der Waals surface area contributed by atoms with Crippen LogP contribution in [0.4, 0.5) is 0 Å². The van der Waals surface area contributed by atoms with Gasteiger partial charge in [0.05, 0.1) is 17.9 Å². The number of phenols is 11. The maximum atomic E-state index is 12.7. The Morgan fingerprint density at radius 2 is 1.03 bits per heavy atom. The summed E-state index contributed by atoms with van der Waals surface area (Å²) in [5.41, 5.74) is -0.703. The van der Waals surface area contributed by atoms with Gasteiger partial charge in [-0.2, -0.15) is 0 Å². The van der Waals surface area contributed by atoms with Crippen molar-refractivity contribution in [3.8, 4) is 86.2 Å². The monoisotopic (exact) mass is 864 g/mol. The quantitative estimate of drug-likeness (QED) is 0.110. The molecule has 18 nitrogen and oxygen atoms in total. The zero-order valence-corrected chi connectivity index (χ0v) is 32.1. The van der Waals surface area contributed by atoms with Gasteiger partial charge in [0.15, 0.2) is 40.6 Å². The van der Waals surface area contributed by atoms with Gasteiger partial charge < -0.3 is 90.4 Å². The standard InChI is InChI=1S/C45H36O18/c46-18-10-27(54)33-31(11-18)62-45(17-3-6-22(49)26(53)9-17)44(59)38(33)36-32(63-45)14-30-35(39(36)57)37(40(58)42(60-30)16-2-5-21(48)25(52)8-16)34-28(55)13-23(50)19-12-29(56)41(61-43(19)34)15-1-4-20(47)24(51)7-15/h1-11,13-14,29,37-38,40-42,44,46-59H,12H2/t29-,37+,38-,40-,41-,42-,44-,45+/m1/s1. The number of benzene rings is 6. The number of rotatable bonds is 4. The van der Waals surface area contributed by atoms with Crippen molar-refractivity contribution in [3.63, 3.8) is 0 Å². The van der Waals surface area contributed by atoms with Crippen LogP contribution in [-0.2, 0) is 12.2 Å². The average molecular weight is 865 g/mol. The van der Waals surface area contributed by atoms with Crippen LogP contribution in [0.1, 0.15) is 68.6 Å². The van der Waals surface area contributed by atoms with E-state index in [1.54, 1.807) is 0 Å². The summed E-state index contributed by atoms with van der Waals surface area (Å²) in [6.07, 6.45) is -8.22. The van der Waals surface area contributed by atoms with E-state index < -0.39 is 111 Å². The van der Waals surface area contributed by atoms with Crippen molar-refractivity contribution < 1.29 is 90.4 Å². The first-order valence-corrected chi connectivity index (χ1v) is 19.3. The third-order valence-corrected chi connectivity index (χ3v) is 12.2. The second-order valence-electron chi connectivity index (χ2n) is 15.9. The number of aliphatic hydroxyl groups excluding tert-OH is 3. The first-order valence-electron chi connectivity index (χ1n) is 19.3. The Labute approximate surface area is 354 Å². The van der Waals surface area contributed by atoms with Crippen molar-refractivity contribution in [1.82, 2.24) is 0 Å². The number of hydrogen-bond donors (Lipinski definition) is 14. The Kier molecular flexibility index (Phi) is 8.49.